The van der Waals surface area contributed by atoms with Crippen LogP contribution in [-0.4, -0.2) is 19.7 Å². The van der Waals surface area contributed by atoms with Crippen molar-refractivity contribution in [1.29, 1.82) is 0 Å². The summed E-state index contributed by atoms with van der Waals surface area (Å²) >= 11 is 0. The summed E-state index contributed by atoms with van der Waals surface area (Å²) in [5.74, 6) is 0.881. The molecule has 0 spiro atoms. The number of aromatic amines is 1. The molecule has 1 atom stereocenters. The Bertz CT molecular complexity index is 288. The van der Waals surface area contributed by atoms with Crippen LogP contribution in [0.2, 0.25) is 0 Å². The largest absolute Gasteiger partial charge is 0.344 e. The van der Waals surface area contributed by atoms with Crippen molar-refractivity contribution in [3.05, 3.63) is 36.7 Å². The van der Waals surface area contributed by atoms with E-state index in [1.54, 1.807) is 0 Å². The van der Waals surface area contributed by atoms with Crippen molar-refractivity contribution in [3.63, 3.8) is 0 Å². The zero-order valence-corrected chi connectivity index (χ0v) is 6.81. The van der Waals surface area contributed by atoms with Gasteiger partial charge in [0.25, 0.3) is 0 Å². The van der Waals surface area contributed by atoms with Crippen molar-refractivity contribution >= 4 is 0 Å². The second kappa shape index (κ2) is 2.81. The Kier molecular flexibility index (Phi) is 1.66. The maximum Gasteiger partial charge on any atom is 0.147 e. The molecular formula is C8H10N4. The SMILES string of the molecule is CC(c1ncn[nH]1)n1cccc1. The molecule has 0 bridgehead atoms. The Balaban J connectivity index is 2.27. The number of H-pyrrole nitrogens is 1. The summed E-state index contributed by atoms with van der Waals surface area (Å²) in [6.07, 6.45) is 5.54. The minimum Gasteiger partial charge on any atom is -0.344 e. The summed E-state index contributed by atoms with van der Waals surface area (Å²) in [4.78, 5) is 4.08. The van der Waals surface area contributed by atoms with Crippen LogP contribution in [0.1, 0.15) is 18.8 Å². The monoisotopic (exact) mass is 162 g/mol. The summed E-state index contributed by atoms with van der Waals surface area (Å²) in [6.45, 7) is 2.07. The molecule has 0 aromatic carbocycles. The highest BCUT2D eigenvalue weighted by molar-refractivity contribution is 4.99. The third-order valence-corrected chi connectivity index (χ3v) is 1.90. The Morgan fingerprint density at radius 1 is 1.42 bits per heavy atom. The first-order valence-electron chi connectivity index (χ1n) is 3.85. The van der Waals surface area contributed by atoms with E-state index in [0.29, 0.717) is 0 Å². The topological polar surface area (TPSA) is 46.5 Å². The van der Waals surface area contributed by atoms with E-state index in [9.17, 15) is 0 Å². The quantitative estimate of drug-likeness (QED) is 0.721. The average molecular weight is 162 g/mol. The first-order valence-corrected chi connectivity index (χ1v) is 3.85. The molecule has 0 aliphatic heterocycles. The van der Waals surface area contributed by atoms with Crippen LogP contribution in [0, 0.1) is 0 Å². The highest BCUT2D eigenvalue weighted by Crippen LogP contribution is 2.11. The third-order valence-electron chi connectivity index (χ3n) is 1.90. The fraction of sp³-hybridized carbons (Fsp3) is 0.250. The lowest BCUT2D eigenvalue weighted by molar-refractivity contribution is 0.605. The van der Waals surface area contributed by atoms with Gasteiger partial charge in [0.2, 0.25) is 0 Å². The number of nitrogens with one attached hydrogen (secondary N) is 1. The van der Waals surface area contributed by atoms with Gasteiger partial charge in [-0.25, -0.2) is 4.98 Å². The average Bonchev–Trinajstić information content (AvgIpc) is 2.77. The number of hydrogen-bond donors (Lipinski definition) is 1. The molecule has 0 fully saturated rings. The van der Waals surface area contributed by atoms with E-state index in [1.165, 1.54) is 6.33 Å². The lowest BCUT2D eigenvalue weighted by atomic mass is 10.3. The fourth-order valence-corrected chi connectivity index (χ4v) is 1.16. The van der Waals surface area contributed by atoms with Crippen LogP contribution < -0.4 is 0 Å². The van der Waals surface area contributed by atoms with Gasteiger partial charge in [0.15, 0.2) is 0 Å². The summed E-state index contributed by atoms with van der Waals surface area (Å²) in [7, 11) is 0. The van der Waals surface area contributed by atoms with E-state index in [1.807, 2.05) is 24.5 Å². The van der Waals surface area contributed by atoms with Gasteiger partial charge in [0.05, 0.1) is 6.04 Å². The van der Waals surface area contributed by atoms with Gasteiger partial charge in [-0.3, -0.25) is 5.10 Å². The van der Waals surface area contributed by atoms with Crippen molar-refractivity contribution < 1.29 is 0 Å². The molecule has 12 heavy (non-hydrogen) atoms. The molecule has 2 aromatic heterocycles. The van der Waals surface area contributed by atoms with Gasteiger partial charge in [-0.05, 0) is 19.1 Å². The lowest BCUT2D eigenvalue weighted by Crippen LogP contribution is -2.05. The molecule has 2 rings (SSSR count). The summed E-state index contributed by atoms with van der Waals surface area (Å²) in [5, 5.41) is 6.65. The summed E-state index contributed by atoms with van der Waals surface area (Å²) in [5.41, 5.74) is 0. The number of rotatable bonds is 2. The summed E-state index contributed by atoms with van der Waals surface area (Å²) in [6, 6.07) is 4.21. The Morgan fingerprint density at radius 2 is 2.17 bits per heavy atom. The second-order valence-electron chi connectivity index (χ2n) is 2.68. The van der Waals surface area contributed by atoms with Gasteiger partial charge in [-0.2, -0.15) is 5.10 Å². The van der Waals surface area contributed by atoms with E-state index in [4.69, 9.17) is 0 Å². The van der Waals surface area contributed by atoms with Crippen LogP contribution in [0.15, 0.2) is 30.9 Å². The minimum absolute atomic E-state index is 0.225. The van der Waals surface area contributed by atoms with Crippen LogP contribution in [0.5, 0.6) is 0 Å². The molecule has 0 aliphatic rings. The maximum atomic E-state index is 4.08. The number of aromatic nitrogens is 4. The predicted octanol–water partition coefficient (Wildman–Crippen LogP) is 1.22. The molecule has 0 saturated heterocycles. The standard InChI is InChI=1S/C8H10N4/c1-7(8-9-6-10-11-8)12-4-2-3-5-12/h2-7H,1H3,(H,9,10,11). The molecule has 4 nitrogen and oxygen atoms in total. The normalized spacial score (nSPS) is 13.1. The van der Waals surface area contributed by atoms with E-state index in [-0.39, 0.29) is 6.04 Å². The Hall–Kier alpha value is -1.58. The molecule has 0 saturated carbocycles. The molecule has 4 heteroatoms. The first-order chi connectivity index (χ1) is 5.88. The molecule has 2 heterocycles. The van der Waals surface area contributed by atoms with E-state index in [0.717, 1.165) is 5.82 Å². The first kappa shape index (κ1) is 7.09. The smallest absolute Gasteiger partial charge is 0.147 e. The zero-order valence-electron chi connectivity index (χ0n) is 6.81. The number of hydrogen-bond acceptors (Lipinski definition) is 2. The van der Waals surface area contributed by atoms with Crippen molar-refractivity contribution in [2.24, 2.45) is 0 Å². The van der Waals surface area contributed by atoms with Gasteiger partial charge in [-0.1, -0.05) is 0 Å². The van der Waals surface area contributed by atoms with Crippen molar-refractivity contribution in [2.75, 3.05) is 0 Å². The maximum absolute atomic E-state index is 4.08. The van der Waals surface area contributed by atoms with Crippen LogP contribution in [0.25, 0.3) is 0 Å². The molecule has 62 valence electrons. The molecule has 1 N–H and O–H groups in total. The molecule has 0 amide bonds. The highest BCUT2D eigenvalue weighted by Gasteiger charge is 2.07. The molecular weight excluding hydrogens is 152 g/mol. The van der Waals surface area contributed by atoms with Gasteiger partial charge >= 0.3 is 0 Å². The molecule has 0 radical (unpaired) electrons. The van der Waals surface area contributed by atoms with E-state index in [2.05, 4.69) is 26.7 Å². The van der Waals surface area contributed by atoms with Gasteiger partial charge < -0.3 is 4.57 Å². The fourth-order valence-electron chi connectivity index (χ4n) is 1.16. The molecule has 0 aliphatic carbocycles. The lowest BCUT2D eigenvalue weighted by Gasteiger charge is -2.08. The van der Waals surface area contributed by atoms with Crippen LogP contribution in [0.4, 0.5) is 0 Å². The minimum atomic E-state index is 0.225. The van der Waals surface area contributed by atoms with Gasteiger partial charge in [0.1, 0.15) is 12.2 Å². The highest BCUT2D eigenvalue weighted by atomic mass is 15.2. The third kappa shape index (κ3) is 1.11. The Morgan fingerprint density at radius 3 is 2.75 bits per heavy atom. The molecule has 1 unspecified atom stereocenters. The van der Waals surface area contributed by atoms with Crippen molar-refractivity contribution in [3.8, 4) is 0 Å². The van der Waals surface area contributed by atoms with Crippen molar-refractivity contribution in [2.45, 2.75) is 13.0 Å². The summed E-state index contributed by atoms with van der Waals surface area (Å²) < 4.78 is 2.07. The van der Waals surface area contributed by atoms with Crippen molar-refractivity contribution in [1.82, 2.24) is 19.7 Å². The van der Waals surface area contributed by atoms with Crippen LogP contribution in [-0.2, 0) is 0 Å². The van der Waals surface area contributed by atoms with E-state index >= 15 is 0 Å². The predicted molar refractivity (Wildman–Crippen MR) is 44.6 cm³/mol. The number of nitrogens with zero attached hydrogens (tertiary/aromatic N) is 3. The zero-order chi connectivity index (χ0) is 8.39. The Labute approximate surface area is 70.3 Å². The van der Waals surface area contributed by atoms with Gasteiger partial charge in [0, 0.05) is 12.4 Å². The van der Waals surface area contributed by atoms with Crippen LogP contribution in [0.3, 0.4) is 0 Å². The van der Waals surface area contributed by atoms with E-state index < -0.39 is 0 Å². The molecule has 2 aromatic rings. The van der Waals surface area contributed by atoms with Gasteiger partial charge in [-0.15, -0.1) is 0 Å². The van der Waals surface area contributed by atoms with Crippen LogP contribution >= 0.6 is 0 Å². The second-order valence-corrected chi connectivity index (χ2v) is 2.68.